The van der Waals surface area contributed by atoms with Crippen molar-refractivity contribution in [3.05, 3.63) is 53.6 Å². The van der Waals surface area contributed by atoms with E-state index in [4.69, 9.17) is 0 Å². The molecule has 0 saturated heterocycles. The molecule has 0 spiro atoms. The minimum absolute atomic E-state index is 0.0917. The molecule has 1 saturated carbocycles. The van der Waals surface area contributed by atoms with Crippen LogP contribution in [0, 0.1) is 11.6 Å². The highest BCUT2D eigenvalue weighted by atomic mass is 19.1. The van der Waals surface area contributed by atoms with Crippen molar-refractivity contribution in [2.24, 2.45) is 0 Å². The summed E-state index contributed by atoms with van der Waals surface area (Å²) in [4.78, 5) is 16.1. The first-order valence-electron chi connectivity index (χ1n) is 7.35. The van der Waals surface area contributed by atoms with Crippen LogP contribution in [-0.4, -0.2) is 22.0 Å². The zero-order chi connectivity index (χ0) is 15.5. The number of imidazole rings is 1. The third-order valence-corrected chi connectivity index (χ3v) is 3.73. The molecule has 1 amide bonds. The second kappa shape index (κ2) is 6.25. The molecule has 22 heavy (non-hydrogen) atoms. The summed E-state index contributed by atoms with van der Waals surface area (Å²) in [5.41, 5.74) is 0.195. The molecule has 0 atom stereocenters. The van der Waals surface area contributed by atoms with Crippen molar-refractivity contribution in [2.75, 3.05) is 6.54 Å². The Bertz CT molecular complexity index is 680. The summed E-state index contributed by atoms with van der Waals surface area (Å²) in [6, 6.07) is 3.24. The SMILES string of the molecule is O=C(Cc1ccc(F)cc1F)NCCn1ccnc1C1CC1. The van der Waals surface area contributed by atoms with Gasteiger partial charge in [-0.15, -0.1) is 0 Å². The molecule has 1 N–H and O–H groups in total. The van der Waals surface area contributed by atoms with Gasteiger partial charge in [-0.2, -0.15) is 0 Å². The molecule has 0 bridgehead atoms. The Kier molecular flexibility index (Phi) is 4.18. The van der Waals surface area contributed by atoms with Crippen molar-refractivity contribution in [3.8, 4) is 0 Å². The van der Waals surface area contributed by atoms with Crippen LogP contribution in [0.4, 0.5) is 8.78 Å². The van der Waals surface area contributed by atoms with Crippen molar-refractivity contribution < 1.29 is 13.6 Å². The summed E-state index contributed by atoms with van der Waals surface area (Å²) in [6.45, 7) is 1.10. The average molecular weight is 305 g/mol. The number of hydrogen-bond acceptors (Lipinski definition) is 2. The topological polar surface area (TPSA) is 46.9 Å². The zero-order valence-corrected chi connectivity index (χ0v) is 12.1. The van der Waals surface area contributed by atoms with Crippen LogP contribution in [0.3, 0.4) is 0 Å². The molecule has 116 valence electrons. The van der Waals surface area contributed by atoms with Crippen molar-refractivity contribution in [3.63, 3.8) is 0 Å². The Morgan fingerprint density at radius 2 is 2.18 bits per heavy atom. The van der Waals surface area contributed by atoms with Crippen molar-refractivity contribution in [2.45, 2.75) is 31.7 Å². The van der Waals surface area contributed by atoms with Crippen LogP contribution in [0.1, 0.15) is 30.1 Å². The fourth-order valence-electron chi connectivity index (χ4n) is 2.43. The molecule has 1 aliphatic carbocycles. The molecule has 0 radical (unpaired) electrons. The summed E-state index contributed by atoms with van der Waals surface area (Å²) in [6.07, 6.45) is 5.93. The van der Waals surface area contributed by atoms with E-state index in [1.54, 1.807) is 6.20 Å². The largest absolute Gasteiger partial charge is 0.354 e. The first-order chi connectivity index (χ1) is 10.6. The van der Waals surface area contributed by atoms with Gasteiger partial charge < -0.3 is 9.88 Å². The number of amides is 1. The molecule has 1 aliphatic rings. The number of carbonyl (C=O) groups is 1. The van der Waals surface area contributed by atoms with Gasteiger partial charge in [0.15, 0.2) is 0 Å². The van der Waals surface area contributed by atoms with Crippen LogP contribution in [0.25, 0.3) is 0 Å². The van der Waals surface area contributed by atoms with Gasteiger partial charge in [0.1, 0.15) is 17.5 Å². The number of aromatic nitrogens is 2. The molecule has 3 rings (SSSR count). The lowest BCUT2D eigenvalue weighted by Crippen LogP contribution is -2.29. The number of rotatable bonds is 6. The third kappa shape index (κ3) is 3.50. The second-order valence-electron chi connectivity index (χ2n) is 5.52. The van der Waals surface area contributed by atoms with Gasteiger partial charge in [-0.25, -0.2) is 13.8 Å². The molecule has 0 unspecified atom stereocenters. The van der Waals surface area contributed by atoms with E-state index >= 15 is 0 Å². The van der Waals surface area contributed by atoms with Gasteiger partial charge in [0.2, 0.25) is 5.91 Å². The molecule has 1 fully saturated rings. The minimum Gasteiger partial charge on any atom is -0.354 e. The molecule has 4 nitrogen and oxygen atoms in total. The van der Waals surface area contributed by atoms with E-state index in [1.165, 1.54) is 18.9 Å². The van der Waals surface area contributed by atoms with Gasteiger partial charge in [-0.05, 0) is 24.5 Å². The maximum Gasteiger partial charge on any atom is 0.224 e. The van der Waals surface area contributed by atoms with Gasteiger partial charge in [0, 0.05) is 37.5 Å². The lowest BCUT2D eigenvalue weighted by molar-refractivity contribution is -0.120. The van der Waals surface area contributed by atoms with Crippen LogP contribution in [0.15, 0.2) is 30.6 Å². The van der Waals surface area contributed by atoms with Crippen molar-refractivity contribution in [1.82, 2.24) is 14.9 Å². The first kappa shape index (κ1) is 14.7. The Morgan fingerprint density at radius 1 is 1.36 bits per heavy atom. The highest BCUT2D eigenvalue weighted by Crippen LogP contribution is 2.38. The maximum absolute atomic E-state index is 13.5. The van der Waals surface area contributed by atoms with Gasteiger partial charge in [-0.3, -0.25) is 4.79 Å². The molecule has 6 heteroatoms. The van der Waals surface area contributed by atoms with Gasteiger partial charge in [0.05, 0.1) is 6.42 Å². The number of nitrogens with zero attached hydrogens (tertiary/aromatic N) is 2. The average Bonchev–Trinajstić information content (AvgIpc) is 3.22. The number of hydrogen-bond donors (Lipinski definition) is 1. The van der Waals surface area contributed by atoms with Crippen molar-refractivity contribution in [1.29, 1.82) is 0 Å². The summed E-state index contributed by atoms with van der Waals surface area (Å²) in [5.74, 6) is 0.00610. The number of halogens is 2. The Hall–Kier alpha value is -2.24. The Balaban J connectivity index is 1.49. The Labute approximate surface area is 127 Å². The van der Waals surface area contributed by atoms with E-state index in [1.807, 2.05) is 10.8 Å². The van der Waals surface area contributed by atoms with Crippen LogP contribution in [0.5, 0.6) is 0 Å². The quantitative estimate of drug-likeness (QED) is 0.891. The second-order valence-corrected chi connectivity index (χ2v) is 5.52. The van der Waals surface area contributed by atoms with E-state index in [9.17, 15) is 13.6 Å². The standard InChI is InChI=1S/C16H17F2N3O/c17-13-4-3-12(14(18)10-13)9-15(22)19-5-7-21-8-6-20-16(21)11-1-2-11/h3-4,6,8,10-11H,1-2,5,7,9H2,(H,19,22). The maximum atomic E-state index is 13.5. The van der Waals surface area contributed by atoms with Crippen LogP contribution in [-0.2, 0) is 17.8 Å². The molecule has 1 heterocycles. The smallest absolute Gasteiger partial charge is 0.224 e. The van der Waals surface area contributed by atoms with Crippen LogP contribution < -0.4 is 5.32 Å². The summed E-state index contributed by atoms with van der Waals surface area (Å²) in [5, 5.41) is 2.75. The van der Waals surface area contributed by atoms with E-state index in [0.29, 0.717) is 19.0 Å². The van der Waals surface area contributed by atoms with Crippen LogP contribution >= 0.6 is 0 Å². The first-order valence-corrected chi connectivity index (χ1v) is 7.35. The van der Waals surface area contributed by atoms with E-state index in [-0.39, 0.29) is 17.9 Å². The predicted octanol–water partition coefficient (Wildman–Crippen LogP) is 2.40. The Morgan fingerprint density at radius 3 is 2.91 bits per heavy atom. The van der Waals surface area contributed by atoms with E-state index in [2.05, 4.69) is 10.3 Å². The summed E-state index contributed by atoms with van der Waals surface area (Å²) < 4.78 is 28.3. The normalized spacial score (nSPS) is 14.1. The summed E-state index contributed by atoms with van der Waals surface area (Å²) >= 11 is 0. The molecule has 2 aromatic rings. The molecular formula is C16H17F2N3O. The lowest BCUT2D eigenvalue weighted by atomic mass is 10.1. The monoisotopic (exact) mass is 305 g/mol. The fourth-order valence-corrected chi connectivity index (χ4v) is 2.43. The number of nitrogens with one attached hydrogen (secondary N) is 1. The highest BCUT2D eigenvalue weighted by molar-refractivity contribution is 5.78. The van der Waals surface area contributed by atoms with Gasteiger partial charge in [0.25, 0.3) is 0 Å². The van der Waals surface area contributed by atoms with E-state index in [0.717, 1.165) is 18.0 Å². The molecular weight excluding hydrogens is 288 g/mol. The minimum atomic E-state index is -0.694. The zero-order valence-electron chi connectivity index (χ0n) is 12.1. The third-order valence-electron chi connectivity index (χ3n) is 3.73. The highest BCUT2D eigenvalue weighted by Gasteiger charge is 2.27. The fraction of sp³-hybridized carbons (Fsp3) is 0.375. The molecule has 1 aromatic carbocycles. The van der Waals surface area contributed by atoms with Gasteiger partial charge in [-0.1, -0.05) is 6.07 Å². The lowest BCUT2D eigenvalue weighted by Gasteiger charge is -2.09. The van der Waals surface area contributed by atoms with Crippen molar-refractivity contribution >= 4 is 5.91 Å². The van der Waals surface area contributed by atoms with Crippen LogP contribution in [0.2, 0.25) is 0 Å². The van der Waals surface area contributed by atoms with E-state index < -0.39 is 11.6 Å². The van der Waals surface area contributed by atoms with Gasteiger partial charge >= 0.3 is 0 Å². The number of carbonyl (C=O) groups excluding carboxylic acids is 1. The number of benzene rings is 1. The molecule has 0 aliphatic heterocycles. The summed E-state index contributed by atoms with van der Waals surface area (Å²) in [7, 11) is 0. The predicted molar refractivity (Wildman–Crippen MR) is 77.3 cm³/mol. The molecule has 1 aromatic heterocycles.